The second-order valence-electron chi connectivity index (χ2n) is 4.68. The van der Waals surface area contributed by atoms with Crippen molar-refractivity contribution in [3.8, 4) is 0 Å². The van der Waals surface area contributed by atoms with Gasteiger partial charge in [-0.25, -0.2) is 0 Å². The monoisotopic (exact) mass is 331 g/mol. The predicted octanol–water partition coefficient (Wildman–Crippen LogP) is 4.41. The highest BCUT2D eigenvalue weighted by molar-refractivity contribution is 6.34. The molecule has 1 aromatic heterocycles. The Labute approximate surface area is 133 Å². The molecule has 20 heavy (non-hydrogen) atoms. The number of nitrogens with zero attached hydrogens (tertiary/aromatic N) is 2. The SMILES string of the molecule is CCn1nc(C)c(Cl)c1CC(N)c1cc(Cl)cc(Cl)c1. The van der Waals surface area contributed by atoms with E-state index in [1.807, 2.05) is 30.7 Å². The standard InChI is InChI=1S/C14H16Cl3N3/c1-3-20-13(14(17)8(2)19-20)7-12(18)9-4-10(15)6-11(16)5-9/h4-6,12H,3,7,18H2,1-2H3. The molecular weight excluding hydrogens is 317 g/mol. The number of hydrogen-bond donors (Lipinski definition) is 1. The van der Waals surface area contributed by atoms with Crippen molar-refractivity contribution in [1.82, 2.24) is 9.78 Å². The van der Waals surface area contributed by atoms with E-state index < -0.39 is 0 Å². The molecule has 1 heterocycles. The molecule has 0 fully saturated rings. The van der Waals surface area contributed by atoms with E-state index in [4.69, 9.17) is 40.5 Å². The first-order valence-corrected chi connectivity index (χ1v) is 7.49. The summed E-state index contributed by atoms with van der Waals surface area (Å²) in [5, 5.41) is 6.22. The molecule has 0 amide bonds. The van der Waals surface area contributed by atoms with Crippen LogP contribution < -0.4 is 5.73 Å². The Hall–Kier alpha value is -0.740. The van der Waals surface area contributed by atoms with Crippen LogP contribution in [0.25, 0.3) is 0 Å². The summed E-state index contributed by atoms with van der Waals surface area (Å²) in [6.07, 6.45) is 0.587. The second-order valence-corrected chi connectivity index (χ2v) is 5.93. The minimum absolute atomic E-state index is 0.231. The maximum atomic E-state index is 6.30. The summed E-state index contributed by atoms with van der Waals surface area (Å²) in [7, 11) is 0. The van der Waals surface area contributed by atoms with Crippen LogP contribution in [0.15, 0.2) is 18.2 Å². The Kier molecular flexibility index (Phi) is 4.97. The molecule has 0 saturated carbocycles. The van der Waals surface area contributed by atoms with Gasteiger partial charge in [-0.1, -0.05) is 34.8 Å². The summed E-state index contributed by atoms with van der Waals surface area (Å²) in [5.74, 6) is 0. The number of aryl methyl sites for hydroxylation is 2. The van der Waals surface area contributed by atoms with Crippen molar-refractivity contribution in [3.63, 3.8) is 0 Å². The van der Waals surface area contributed by atoms with Crippen LogP contribution in [0.5, 0.6) is 0 Å². The van der Waals surface area contributed by atoms with Crippen molar-refractivity contribution in [2.75, 3.05) is 0 Å². The van der Waals surface area contributed by atoms with E-state index in [0.717, 1.165) is 23.5 Å². The number of aromatic nitrogens is 2. The highest BCUT2D eigenvalue weighted by atomic mass is 35.5. The predicted molar refractivity (Wildman–Crippen MR) is 84.7 cm³/mol. The molecule has 3 nitrogen and oxygen atoms in total. The van der Waals surface area contributed by atoms with E-state index >= 15 is 0 Å². The first kappa shape index (κ1) is 15.6. The van der Waals surface area contributed by atoms with Gasteiger partial charge in [-0.2, -0.15) is 5.10 Å². The topological polar surface area (TPSA) is 43.8 Å². The van der Waals surface area contributed by atoms with E-state index in [1.165, 1.54) is 0 Å². The lowest BCUT2D eigenvalue weighted by Gasteiger charge is -2.14. The van der Waals surface area contributed by atoms with Crippen molar-refractivity contribution in [3.05, 3.63) is 50.2 Å². The molecule has 0 saturated heterocycles. The molecule has 2 aromatic rings. The maximum Gasteiger partial charge on any atom is 0.0847 e. The molecule has 6 heteroatoms. The number of nitrogens with two attached hydrogens (primary N) is 1. The zero-order valence-electron chi connectivity index (χ0n) is 11.3. The zero-order chi connectivity index (χ0) is 14.9. The fourth-order valence-corrected chi connectivity index (χ4v) is 2.93. The third-order valence-corrected chi connectivity index (χ3v) is 4.11. The lowest BCUT2D eigenvalue weighted by molar-refractivity contribution is 0.587. The molecule has 108 valence electrons. The van der Waals surface area contributed by atoms with Gasteiger partial charge in [0.15, 0.2) is 0 Å². The third-order valence-electron chi connectivity index (χ3n) is 3.18. The van der Waals surface area contributed by atoms with Gasteiger partial charge in [0.05, 0.1) is 16.4 Å². The molecule has 1 aromatic carbocycles. The van der Waals surface area contributed by atoms with Crippen LogP contribution >= 0.6 is 34.8 Å². The normalized spacial score (nSPS) is 12.7. The van der Waals surface area contributed by atoms with Gasteiger partial charge in [-0.05, 0) is 37.6 Å². The van der Waals surface area contributed by atoms with Crippen LogP contribution in [-0.4, -0.2) is 9.78 Å². The van der Waals surface area contributed by atoms with Gasteiger partial charge in [-0.3, -0.25) is 4.68 Å². The van der Waals surface area contributed by atoms with Gasteiger partial charge >= 0.3 is 0 Å². The molecule has 2 N–H and O–H groups in total. The Balaban J connectivity index is 2.29. The van der Waals surface area contributed by atoms with Gasteiger partial charge in [0, 0.05) is 29.1 Å². The van der Waals surface area contributed by atoms with Gasteiger partial charge < -0.3 is 5.73 Å². The molecule has 0 spiro atoms. The van der Waals surface area contributed by atoms with Crippen LogP contribution in [0.2, 0.25) is 15.1 Å². The quantitative estimate of drug-likeness (QED) is 0.901. The van der Waals surface area contributed by atoms with Crippen molar-refractivity contribution in [2.24, 2.45) is 5.73 Å². The molecule has 1 atom stereocenters. The largest absolute Gasteiger partial charge is 0.324 e. The highest BCUT2D eigenvalue weighted by Crippen LogP contribution is 2.28. The van der Waals surface area contributed by atoms with E-state index in [-0.39, 0.29) is 6.04 Å². The van der Waals surface area contributed by atoms with E-state index in [0.29, 0.717) is 21.5 Å². The van der Waals surface area contributed by atoms with Crippen LogP contribution in [0, 0.1) is 6.92 Å². The summed E-state index contributed by atoms with van der Waals surface area (Å²) >= 11 is 18.3. The smallest absolute Gasteiger partial charge is 0.0847 e. The Morgan fingerprint density at radius 3 is 2.35 bits per heavy atom. The Bertz CT molecular complexity index is 602. The molecule has 0 radical (unpaired) electrons. The summed E-state index contributed by atoms with van der Waals surface area (Å²) in [5.41, 5.74) is 8.90. The number of hydrogen-bond acceptors (Lipinski definition) is 2. The molecule has 0 aliphatic rings. The van der Waals surface area contributed by atoms with Crippen LogP contribution in [0.3, 0.4) is 0 Å². The molecule has 0 aliphatic heterocycles. The number of benzene rings is 1. The van der Waals surface area contributed by atoms with E-state index in [9.17, 15) is 0 Å². The van der Waals surface area contributed by atoms with Gasteiger partial charge in [-0.15, -0.1) is 0 Å². The summed E-state index contributed by atoms with van der Waals surface area (Å²) in [4.78, 5) is 0. The van der Waals surface area contributed by atoms with Crippen molar-refractivity contribution in [1.29, 1.82) is 0 Å². The van der Waals surface area contributed by atoms with E-state index in [2.05, 4.69) is 5.10 Å². The highest BCUT2D eigenvalue weighted by Gasteiger charge is 2.17. The second kappa shape index (κ2) is 6.35. The lowest BCUT2D eigenvalue weighted by Crippen LogP contribution is -2.16. The fraction of sp³-hybridized carbons (Fsp3) is 0.357. The number of rotatable bonds is 4. The first-order chi connectivity index (χ1) is 9.42. The van der Waals surface area contributed by atoms with Crippen molar-refractivity contribution < 1.29 is 0 Å². The Morgan fingerprint density at radius 1 is 1.20 bits per heavy atom. The molecular formula is C14H16Cl3N3. The lowest BCUT2D eigenvalue weighted by atomic mass is 10.0. The van der Waals surface area contributed by atoms with Crippen LogP contribution in [0.4, 0.5) is 0 Å². The summed E-state index contributed by atoms with van der Waals surface area (Å²) in [6, 6.07) is 5.11. The average molecular weight is 333 g/mol. The van der Waals surface area contributed by atoms with Crippen molar-refractivity contribution in [2.45, 2.75) is 32.9 Å². The van der Waals surface area contributed by atoms with Gasteiger partial charge in [0.2, 0.25) is 0 Å². The van der Waals surface area contributed by atoms with Gasteiger partial charge in [0.1, 0.15) is 0 Å². The average Bonchev–Trinajstić information content (AvgIpc) is 2.65. The maximum absolute atomic E-state index is 6.30. The minimum Gasteiger partial charge on any atom is -0.324 e. The Morgan fingerprint density at radius 2 is 1.80 bits per heavy atom. The summed E-state index contributed by atoms with van der Waals surface area (Å²) in [6.45, 7) is 4.67. The molecule has 0 bridgehead atoms. The fourth-order valence-electron chi connectivity index (χ4n) is 2.18. The zero-order valence-corrected chi connectivity index (χ0v) is 13.6. The van der Waals surface area contributed by atoms with E-state index in [1.54, 1.807) is 6.07 Å². The summed E-state index contributed by atoms with van der Waals surface area (Å²) < 4.78 is 1.88. The first-order valence-electron chi connectivity index (χ1n) is 6.35. The molecule has 0 aliphatic carbocycles. The third kappa shape index (κ3) is 3.29. The molecule has 1 unspecified atom stereocenters. The minimum atomic E-state index is -0.231. The van der Waals surface area contributed by atoms with Crippen molar-refractivity contribution >= 4 is 34.8 Å². The number of halogens is 3. The molecule has 2 rings (SSSR count). The van der Waals surface area contributed by atoms with Gasteiger partial charge in [0.25, 0.3) is 0 Å². The van der Waals surface area contributed by atoms with Crippen LogP contribution in [-0.2, 0) is 13.0 Å². The van der Waals surface area contributed by atoms with Crippen LogP contribution in [0.1, 0.15) is 29.9 Å².